The van der Waals surface area contributed by atoms with Gasteiger partial charge in [-0.1, -0.05) is 18.2 Å². The number of rotatable bonds is 7. The van der Waals surface area contributed by atoms with Crippen LogP contribution in [0.15, 0.2) is 54.9 Å². The van der Waals surface area contributed by atoms with E-state index in [4.69, 9.17) is 4.74 Å². The van der Waals surface area contributed by atoms with Crippen LogP contribution in [0, 0.1) is 0 Å². The number of carbonyl (C=O) groups excluding carboxylic acids is 1. The van der Waals surface area contributed by atoms with E-state index < -0.39 is 0 Å². The summed E-state index contributed by atoms with van der Waals surface area (Å²) in [5, 5.41) is 7.48. The van der Waals surface area contributed by atoms with Gasteiger partial charge in [-0.15, -0.1) is 0 Å². The Hall–Kier alpha value is -3.35. The molecule has 2 fully saturated rings. The molecule has 33 heavy (non-hydrogen) atoms. The minimum absolute atomic E-state index is 0.00323. The summed E-state index contributed by atoms with van der Waals surface area (Å²) in [6.07, 6.45) is 8.67. The highest BCUT2D eigenvalue weighted by molar-refractivity contribution is 5.89. The molecule has 2 heterocycles. The molecule has 3 aromatic rings. The zero-order valence-electron chi connectivity index (χ0n) is 18.9. The van der Waals surface area contributed by atoms with Crippen molar-refractivity contribution in [2.24, 2.45) is 0 Å². The van der Waals surface area contributed by atoms with Gasteiger partial charge in [-0.2, -0.15) is 0 Å². The number of fused-ring (bicyclic) bond motifs is 1. The quantitative estimate of drug-likeness (QED) is 0.569. The minimum Gasteiger partial charge on any atom is -0.490 e. The zero-order valence-corrected chi connectivity index (χ0v) is 18.9. The van der Waals surface area contributed by atoms with E-state index in [2.05, 4.69) is 31.6 Å². The highest BCUT2D eigenvalue weighted by Gasteiger charge is 2.23. The average molecular weight is 446 g/mol. The summed E-state index contributed by atoms with van der Waals surface area (Å²) in [7, 11) is 0. The van der Waals surface area contributed by atoms with E-state index in [0.717, 1.165) is 66.9 Å². The van der Waals surface area contributed by atoms with E-state index in [1.54, 1.807) is 6.33 Å². The number of benzene rings is 2. The maximum absolute atomic E-state index is 12.7. The van der Waals surface area contributed by atoms with Gasteiger partial charge in [-0.05, 0) is 62.8 Å². The Morgan fingerprint density at radius 2 is 1.91 bits per heavy atom. The third-order valence-corrected chi connectivity index (χ3v) is 6.50. The first-order valence-electron chi connectivity index (χ1n) is 12.0. The molecule has 2 N–H and O–H groups in total. The largest absolute Gasteiger partial charge is 0.490 e. The zero-order chi connectivity index (χ0) is 22.5. The number of nitrogens with one attached hydrogen (secondary N) is 2. The van der Waals surface area contributed by atoms with Gasteiger partial charge in [0, 0.05) is 36.3 Å². The normalized spacial score (nSPS) is 18.9. The standard InChI is InChI=1S/C26H31N5O2/c32-25(16-27-19-7-5-11-22(15-19)33-21-9-1-2-10-21)30-20-8-6-14-31(17-20)26-23-12-3-4-13-24(23)28-18-29-26/h3-5,7,11-13,15,18,20-21,27H,1-2,6,8-10,14,16-17H2,(H,30,32)/t20-/m1/s1. The second-order valence-corrected chi connectivity index (χ2v) is 8.97. The molecule has 0 radical (unpaired) electrons. The number of anilines is 2. The van der Waals surface area contributed by atoms with Crippen molar-refractivity contribution >= 4 is 28.3 Å². The van der Waals surface area contributed by atoms with E-state index in [-0.39, 0.29) is 18.5 Å². The lowest BCUT2D eigenvalue weighted by Gasteiger charge is -2.34. The number of ether oxygens (including phenoxy) is 1. The number of amides is 1. The van der Waals surface area contributed by atoms with Gasteiger partial charge in [0.1, 0.15) is 17.9 Å². The van der Waals surface area contributed by atoms with Crippen LogP contribution in [0.3, 0.4) is 0 Å². The van der Waals surface area contributed by atoms with Crippen LogP contribution in [0.25, 0.3) is 10.9 Å². The van der Waals surface area contributed by atoms with Gasteiger partial charge in [-0.25, -0.2) is 9.97 Å². The van der Waals surface area contributed by atoms with Gasteiger partial charge >= 0.3 is 0 Å². The minimum atomic E-state index is -0.00323. The fourth-order valence-corrected chi connectivity index (χ4v) is 4.87. The van der Waals surface area contributed by atoms with Gasteiger partial charge in [0.25, 0.3) is 0 Å². The molecule has 2 aliphatic rings. The first-order chi connectivity index (χ1) is 16.2. The molecule has 7 nitrogen and oxygen atoms in total. The number of aromatic nitrogens is 2. The highest BCUT2D eigenvalue weighted by Crippen LogP contribution is 2.27. The maximum Gasteiger partial charge on any atom is 0.239 e. The Balaban J connectivity index is 1.15. The van der Waals surface area contributed by atoms with Gasteiger partial charge in [-0.3, -0.25) is 4.79 Å². The molecular formula is C26H31N5O2. The Morgan fingerprint density at radius 1 is 1.03 bits per heavy atom. The lowest BCUT2D eigenvalue weighted by atomic mass is 10.0. The van der Waals surface area contributed by atoms with Crippen molar-refractivity contribution in [3.8, 4) is 5.75 Å². The van der Waals surface area contributed by atoms with Crippen molar-refractivity contribution in [1.29, 1.82) is 0 Å². The van der Waals surface area contributed by atoms with E-state index >= 15 is 0 Å². The molecule has 7 heteroatoms. The van der Waals surface area contributed by atoms with Crippen molar-refractivity contribution < 1.29 is 9.53 Å². The summed E-state index contributed by atoms with van der Waals surface area (Å²) in [5.74, 6) is 1.81. The van der Waals surface area contributed by atoms with Crippen LogP contribution in [-0.2, 0) is 4.79 Å². The molecular weight excluding hydrogens is 414 g/mol. The van der Waals surface area contributed by atoms with Crippen molar-refractivity contribution in [2.75, 3.05) is 29.9 Å². The van der Waals surface area contributed by atoms with E-state index in [9.17, 15) is 4.79 Å². The van der Waals surface area contributed by atoms with E-state index in [1.165, 1.54) is 12.8 Å². The van der Waals surface area contributed by atoms with Crippen LogP contribution in [0.5, 0.6) is 5.75 Å². The summed E-state index contributed by atoms with van der Waals surface area (Å²) in [5.41, 5.74) is 1.84. The summed E-state index contributed by atoms with van der Waals surface area (Å²) in [4.78, 5) is 23.8. The highest BCUT2D eigenvalue weighted by atomic mass is 16.5. The number of hydrogen-bond donors (Lipinski definition) is 2. The Morgan fingerprint density at radius 3 is 2.82 bits per heavy atom. The topological polar surface area (TPSA) is 79.4 Å². The van der Waals surface area contributed by atoms with Crippen molar-refractivity contribution in [2.45, 2.75) is 50.7 Å². The van der Waals surface area contributed by atoms with E-state index in [1.807, 2.05) is 42.5 Å². The lowest BCUT2D eigenvalue weighted by molar-refractivity contribution is -0.120. The first kappa shape index (κ1) is 21.5. The van der Waals surface area contributed by atoms with E-state index in [0.29, 0.717) is 6.10 Å². The number of carbonyl (C=O) groups is 1. The Bertz CT molecular complexity index is 1090. The van der Waals surface area contributed by atoms with Crippen molar-refractivity contribution in [3.05, 3.63) is 54.9 Å². The van der Waals surface area contributed by atoms with Gasteiger partial charge in [0.2, 0.25) is 5.91 Å². The number of piperidine rings is 1. The molecule has 1 aliphatic carbocycles. The average Bonchev–Trinajstić information content (AvgIpc) is 3.36. The molecule has 1 saturated heterocycles. The second-order valence-electron chi connectivity index (χ2n) is 8.97. The van der Waals surface area contributed by atoms with Crippen LogP contribution in [0.4, 0.5) is 11.5 Å². The van der Waals surface area contributed by atoms with Crippen molar-refractivity contribution in [1.82, 2.24) is 15.3 Å². The molecule has 1 saturated carbocycles. The third kappa shape index (κ3) is 5.35. The number of hydrogen-bond acceptors (Lipinski definition) is 6. The van der Waals surface area contributed by atoms with Gasteiger partial charge in [0.05, 0.1) is 18.2 Å². The molecule has 1 amide bonds. The number of para-hydroxylation sites is 1. The second kappa shape index (κ2) is 10.1. The first-order valence-corrected chi connectivity index (χ1v) is 12.0. The molecule has 1 aromatic heterocycles. The lowest BCUT2D eigenvalue weighted by Crippen LogP contribution is -2.49. The SMILES string of the molecule is O=C(CNc1cccc(OC2CCCC2)c1)N[C@@H]1CCCN(c2ncnc3ccccc23)C1. The molecule has 1 aliphatic heterocycles. The summed E-state index contributed by atoms with van der Waals surface area (Å²) in [6, 6.07) is 16.1. The summed E-state index contributed by atoms with van der Waals surface area (Å²) >= 11 is 0. The third-order valence-electron chi connectivity index (χ3n) is 6.50. The monoisotopic (exact) mass is 445 g/mol. The molecule has 0 bridgehead atoms. The molecule has 0 unspecified atom stereocenters. The van der Waals surface area contributed by atoms with Crippen LogP contribution < -0.4 is 20.3 Å². The van der Waals surface area contributed by atoms with Gasteiger partial charge in [0.15, 0.2) is 0 Å². The molecule has 172 valence electrons. The summed E-state index contributed by atoms with van der Waals surface area (Å²) in [6.45, 7) is 1.91. The Kier molecular flexibility index (Phi) is 6.56. The van der Waals surface area contributed by atoms with Crippen LogP contribution in [0.1, 0.15) is 38.5 Å². The van der Waals surface area contributed by atoms with Crippen LogP contribution in [-0.4, -0.2) is 47.7 Å². The Labute approximate surface area is 194 Å². The summed E-state index contributed by atoms with van der Waals surface area (Å²) < 4.78 is 6.07. The molecule has 1 atom stereocenters. The fraction of sp³-hybridized carbons (Fsp3) is 0.423. The smallest absolute Gasteiger partial charge is 0.239 e. The van der Waals surface area contributed by atoms with Crippen LogP contribution >= 0.6 is 0 Å². The molecule has 5 rings (SSSR count). The van der Waals surface area contributed by atoms with Crippen molar-refractivity contribution in [3.63, 3.8) is 0 Å². The van der Waals surface area contributed by atoms with Crippen LogP contribution in [0.2, 0.25) is 0 Å². The molecule has 2 aromatic carbocycles. The maximum atomic E-state index is 12.7. The predicted octanol–water partition coefficient (Wildman–Crippen LogP) is 4.15. The predicted molar refractivity (Wildman–Crippen MR) is 131 cm³/mol. The van der Waals surface area contributed by atoms with Gasteiger partial charge < -0.3 is 20.3 Å². The number of nitrogens with zero attached hydrogens (tertiary/aromatic N) is 3. The molecule has 0 spiro atoms. The fourth-order valence-electron chi connectivity index (χ4n) is 4.87.